The standard InChI is InChI=1S/C34H35FNO/c1-19(2)14-28-24-11-8-21(18-34(4,5)6)15-26(24)20(3)30-32-31-25(12-13-36(32)7)27-17-23(35)10-9-22(27)16-29(31)37-33(28)30/h8-13,15-17,19H,14,18H2,1-7H3/q+1. The summed E-state index contributed by atoms with van der Waals surface area (Å²) in [4.78, 5) is 0. The van der Waals surface area contributed by atoms with Crippen LogP contribution in [0.3, 0.4) is 0 Å². The number of pyridine rings is 1. The summed E-state index contributed by atoms with van der Waals surface area (Å²) < 4.78 is 23.4. The molecule has 0 aliphatic carbocycles. The monoisotopic (exact) mass is 492 g/mol. The Hall–Kier alpha value is -3.46. The van der Waals surface area contributed by atoms with Crippen molar-refractivity contribution < 1.29 is 13.7 Å². The summed E-state index contributed by atoms with van der Waals surface area (Å²) in [6.07, 6.45) is 4.06. The highest BCUT2D eigenvalue weighted by atomic mass is 19.1. The Morgan fingerprint density at radius 2 is 1.70 bits per heavy atom. The van der Waals surface area contributed by atoms with E-state index in [4.69, 9.17) is 4.74 Å². The minimum Gasteiger partial charge on any atom is -0.455 e. The highest BCUT2D eigenvalue weighted by Gasteiger charge is 2.33. The van der Waals surface area contributed by atoms with Gasteiger partial charge in [0.05, 0.1) is 10.9 Å². The molecule has 2 heterocycles. The Labute approximate surface area is 218 Å². The number of rotatable bonds is 3. The van der Waals surface area contributed by atoms with E-state index in [0.29, 0.717) is 5.92 Å². The molecule has 0 fully saturated rings. The van der Waals surface area contributed by atoms with Crippen LogP contribution in [-0.2, 0) is 19.9 Å². The Kier molecular flexibility index (Phi) is 5.35. The van der Waals surface area contributed by atoms with Crippen molar-refractivity contribution in [2.24, 2.45) is 18.4 Å². The van der Waals surface area contributed by atoms with Gasteiger partial charge in [-0.2, -0.15) is 0 Å². The smallest absolute Gasteiger partial charge is 0.228 e. The lowest BCUT2D eigenvalue weighted by atomic mass is 9.83. The second-order valence-electron chi connectivity index (χ2n) is 12.4. The molecule has 0 bridgehead atoms. The van der Waals surface area contributed by atoms with Gasteiger partial charge in [0.25, 0.3) is 0 Å². The molecule has 0 saturated carbocycles. The van der Waals surface area contributed by atoms with E-state index in [1.165, 1.54) is 33.5 Å². The first-order chi connectivity index (χ1) is 17.5. The van der Waals surface area contributed by atoms with E-state index < -0.39 is 0 Å². The summed E-state index contributed by atoms with van der Waals surface area (Å²) in [5, 5.41) is 6.56. The van der Waals surface area contributed by atoms with Gasteiger partial charge in [0.15, 0.2) is 6.20 Å². The molecule has 0 N–H and O–H groups in total. The Bertz CT molecular complexity index is 1740. The number of hydrogen-bond donors (Lipinski definition) is 0. The van der Waals surface area contributed by atoms with Gasteiger partial charge in [-0.15, -0.1) is 0 Å². The lowest BCUT2D eigenvalue weighted by molar-refractivity contribution is -0.659. The maximum absolute atomic E-state index is 14.3. The molecule has 1 aliphatic rings. The highest BCUT2D eigenvalue weighted by molar-refractivity contribution is 6.16. The molecule has 0 amide bonds. The molecule has 4 aromatic carbocycles. The number of benzene rings is 4. The number of hydrogen-bond acceptors (Lipinski definition) is 1. The molecule has 1 aliphatic heterocycles. The minimum absolute atomic E-state index is 0.215. The summed E-state index contributed by atoms with van der Waals surface area (Å²) in [6, 6.07) is 16.2. The Morgan fingerprint density at radius 3 is 2.43 bits per heavy atom. The fourth-order valence-corrected chi connectivity index (χ4v) is 6.19. The zero-order chi connectivity index (χ0) is 26.2. The third kappa shape index (κ3) is 3.87. The van der Waals surface area contributed by atoms with Crippen LogP contribution in [0.5, 0.6) is 11.5 Å². The predicted molar refractivity (Wildman–Crippen MR) is 152 cm³/mol. The molecule has 0 spiro atoms. The van der Waals surface area contributed by atoms with E-state index in [-0.39, 0.29) is 11.2 Å². The molecule has 0 unspecified atom stereocenters. The fourth-order valence-electron chi connectivity index (χ4n) is 6.19. The molecule has 2 nitrogen and oxygen atoms in total. The molecular weight excluding hydrogens is 457 g/mol. The lowest BCUT2D eigenvalue weighted by Crippen LogP contribution is -2.32. The Morgan fingerprint density at radius 1 is 0.919 bits per heavy atom. The highest BCUT2D eigenvalue weighted by Crippen LogP contribution is 2.52. The first-order valence-corrected chi connectivity index (χ1v) is 13.3. The van der Waals surface area contributed by atoms with E-state index in [9.17, 15) is 4.39 Å². The summed E-state index contributed by atoms with van der Waals surface area (Å²) in [6.45, 7) is 13.6. The summed E-state index contributed by atoms with van der Waals surface area (Å²) in [7, 11) is 2.10. The third-order valence-corrected chi connectivity index (χ3v) is 7.65. The van der Waals surface area contributed by atoms with Gasteiger partial charge >= 0.3 is 0 Å². The second kappa shape index (κ2) is 8.28. The van der Waals surface area contributed by atoms with Crippen LogP contribution in [0.4, 0.5) is 4.39 Å². The fraction of sp³-hybridized carbons (Fsp3) is 0.324. The molecule has 5 aromatic rings. The van der Waals surface area contributed by atoms with Crippen molar-refractivity contribution in [3.8, 4) is 22.8 Å². The van der Waals surface area contributed by atoms with E-state index in [0.717, 1.165) is 57.1 Å². The molecule has 188 valence electrons. The van der Waals surface area contributed by atoms with Crippen molar-refractivity contribution in [2.45, 2.75) is 54.4 Å². The van der Waals surface area contributed by atoms with E-state index >= 15 is 0 Å². The second-order valence-corrected chi connectivity index (χ2v) is 12.4. The third-order valence-electron chi connectivity index (χ3n) is 7.65. The molecule has 1 aromatic heterocycles. The van der Waals surface area contributed by atoms with Crippen LogP contribution in [0.15, 0.2) is 54.7 Å². The largest absolute Gasteiger partial charge is 0.455 e. The van der Waals surface area contributed by atoms with Crippen molar-refractivity contribution >= 4 is 32.3 Å². The van der Waals surface area contributed by atoms with Crippen LogP contribution in [-0.4, -0.2) is 0 Å². The van der Waals surface area contributed by atoms with Crippen LogP contribution in [0.2, 0.25) is 0 Å². The molecule has 37 heavy (non-hydrogen) atoms. The average molecular weight is 493 g/mol. The van der Waals surface area contributed by atoms with Gasteiger partial charge in [-0.05, 0) is 82.0 Å². The van der Waals surface area contributed by atoms with Crippen molar-refractivity contribution in [1.29, 1.82) is 0 Å². The van der Waals surface area contributed by atoms with Gasteiger partial charge in [0.1, 0.15) is 24.4 Å². The van der Waals surface area contributed by atoms with Gasteiger partial charge in [-0.25, -0.2) is 8.96 Å². The van der Waals surface area contributed by atoms with Crippen LogP contribution < -0.4 is 9.30 Å². The number of fused-ring (bicyclic) bond motifs is 5. The zero-order valence-electron chi connectivity index (χ0n) is 22.9. The number of aromatic nitrogens is 1. The molecule has 0 radical (unpaired) electrons. The Balaban J connectivity index is 1.75. The normalized spacial score (nSPS) is 13.0. The van der Waals surface area contributed by atoms with Gasteiger partial charge in [0.2, 0.25) is 5.69 Å². The lowest BCUT2D eigenvalue weighted by Gasteiger charge is -2.27. The maximum atomic E-state index is 14.3. The molecule has 0 saturated heterocycles. The summed E-state index contributed by atoms with van der Waals surface area (Å²) >= 11 is 0. The van der Waals surface area contributed by atoms with E-state index in [1.54, 1.807) is 6.07 Å². The van der Waals surface area contributed by atoms with Crippen LogP contribution in [0.25, 0.3) is 43.6 Å². The van der Waals surface area contributed by atoms with Crippen molar-refractivity contribution in [1.82, 2.24) is 0 Å². The van der Waals surface area contributed by atoms with Gasteiger partial charge in [-0.3, -0.25) is 0 Å². The van der Waals surface area contributed by atoms with Crippen LogP contribution in [0, 0.1) is 24.1 Å². The number of aryl methyl sites for hydroxylation is 2. The van der Waals surface area contributed by atoms with Crippen LogP contribution in [0.1, 0.15) is 51.3 Å². The van der Waals surface area contributed by atoms with Crippen molar-refractivity contribution in [2.75, 3.05) is 0 Å². The number of ether oxygens (including phenoxy) is 1. The predicted octanol–water partition coefficient (Wildman–Crippen LogP) is 8.98. The molecular formula is C34H35FNO+. The quantitative estimate of drug-likeness (QED) is 0.177. The SMILES string of the molecule is Cc1c2c(c(CC(C)C)c3ccc(CC(C)(C)C)cc13)Oc1cc3ccc(F)cc3c3cc[n+](C)c-2c13. The molecule has 3 heteroatoms. The number of nitrogens with zero attached hydrogens (tertiary/aromatic N) is 1. The maximum Gasteiger partial charge on any atom is 0.228 e. The van der Waals surface area contributed by atoms with Crippen molar-refractivity contribution in [3.05, 3.63) is 77.2 Å². The number of halogens is 1. The average Bonchev–Trinajstić information content (AvgIpc) is 2.82. The van der Waals surface area contributed by atoms with Gasteiger partial charge < -0.3 is 4.74 Å². The summed E-state index contributed by atoms with van der Waals surface area (Å²) in [5.74, 6) is 2.08. The molecule has 0 atom stereocenters. The summed E-state index contributed by atoms with van der Waals surface area (Å²) in [5.41, 5.74) is 6.39. The van der Waals surface area contributed by atoms with Gasteiger partial charge in [0, 0.05) is 17.0 Å². The van der Waals surface area contributed by atoms with Crippen LogP contribution >= 0.6 is 0 Å². The first kappa shape index (κ1) is 23.9. The topological polar surface area (TPSA) is 13.1 Å². The molecule has 6 rings (SSSR count). The van der Waals surface area contributed by atoms with E-state index in [2.05, 4.69) is 89.7 Å². The van der Waals surface area contributed by atoms with Gasteiger partial charge in [-0.1, -0.05) is 58.9 Å². The van der Waals surface area contributed by atoms with E-state index in [1.807, 2.05) is 6.07 Å². The van der Waals surface area contributed by atoms with Crippen molar-refractivity contribution in [3.63, 3.8) is 0 Å². The minimum atomic E-state index is -0.220. The first-order valence-electron chi connectivity index (χ1n) is 13.3. The zero-order valence-corrected chi connectivity index (χ0v) is 22.9.